The molecule has 1 atom stereocenters. The Kier molecular flexibility index (Phi) is 2.92. The Balaban J connectivity index is 1.83. The van der Waals surface area contributed by atoms with E-state index in [0.29, 0.717) is 5.37 Å². The first kappa shape index (κ1) is 11.8. The summed E-state index contributed by atoms with van der Waals surface area (Å²) in [5.41, 5.74) is 2.56. The summed E-state index contributed by atoms with van der Waals surface area (Å²) >= 11 is 1.95. The average Bonchev–Trinajstić information content (AvgIpc) is 2.96. The first-order valence-corrected chi connectivity index (χ1v) is 7.18. The molecule has 1 aromatic heterocycles. The van der Waals surface area contributed by atoms with Gasteiger partial charge < -0.3 is 0 Å². The van der Waals surface area contributed by atoms with Crippen LogP contribution >= 0.6 is 11.8 Å². The number of hydrogen-bond donors (Lipinski definition) is 1. The van der Waals surface area contributed by atoms with E-state index < -0.39 is 0 Å². The summed E-state index contributed by atoms with van der Waals surface area (Å²) in [7, 11) is 0. The van der Waals surface area contributed by atoms with Crippen LogP contribution in [0.15, 0.2) is 42.7 Å². The Bertz CT molecular complexity index is 533. The molecule has 1 aromatic carbocycles. The maximum atomic E-state index is 4.44. The van der Waals surface area contributed by atoms with Crippen LogP contribution in [0, 0.1) is 0 Å². The van der Waals surface area contributed by atoms with Crippen LogP contribution < -0.4 is 5.32 Å². The highest BCUT2D eigenvalue weighted by atomic mass is 32.2. The zero-order chi connectivity index (χ0) is 12.6. The van der Waals surface area contributed by atoms with E-state index in [1.54, 1.807) is 0 Å². The molecular weight excluding hydrogens is 242 g/mol. The van der Waals surface area contributed by atoms with Crippen molar-refractivity contribution in [2.24, 2.45) is 0 Å². The van der Waals surface area contributed by atoms with Crippen LogP contribution in [0.4, 0.5) is 0 Å². The number of aromatic nitrogens is 2. The summed E-state index contributed by atoms with van der Waals surface area (Å²) in [5.74, 6) is 1.13. The molecular formula is C14H17N3S. The van der Waals surface area contributed by atoms with Crippen LogP contribution in [-0.4, -0.2) is 21.1 Å². The van der Waals surface area contributed by atoms with Crippen molar-refractivity contribution in [1.29, 1.82) is 0 Å². The van der Waals surface area contributed by atoms with E-state index in [2.05, 4.69) is 42.6 Å². The lowest BCUT2D eigenvalue weighted by Crippen LogP contribution is -2.35. The molecule has 1 N–H and O–H groups in total. The van der Waals surface area contributed by atoms with Crippen LogP contribution in [0.1, 0.15) is 24.8 Å². The van der Waals surface area contributed by atoms with Crippen molar-refractivity contribution < 1.29 is 0 Å². The number of rotatable bonds is 2. The van der Waals surface area contributed by atoms with Gasteiger partial charge in [0.2, 0.25) is 0 Å². The molecule has 0 spiro atoms. The molecule has 0 radical (unpaired) electrons. The molecule has 3 rings (SSSR count). The van der Waals surface area contributed by atoms with Crippen molar-refractivity contribution in [3.05, 3.63) is 48.3 Å². The molecule has 2 aromatic rings. The van der Waals surface area contributed by atoms with Gasteiger partial charge in [0.25, 0.3) is 0 Å². The van der Waals surface area contributed by atoms with Gasteiger partial charge in [0.15, 0.2) is 0 Å². The van der Waals surface area contributed by atoms with Gasteiger partial charge in [0, 0.05) is 23.1 Å². The molecule has 18 heavy (non-hydrogen) atoms. The zero-order valence-corrected chi connectivity index (χ0v) is 11.4. The molecule has 1 saturated heterocycles. The van der Waals surface area contributed by atoms with E-state index in [4.69, 9.17) is 0 Å². The van der Waals surface area contributed by atoms with Gasteiger partial charge >= 0.3 is 0 Å². The fourth-order valence-electron chi connectivity index (χ4n) is 2.10. The molecule has 4 heteroatoms. The van der Waals surface area contributed by atoms with Gasteiger partial charge in [-0.2, -0.15) is 5.10 Å². The predicted molar refractivity (Wildman–Crippen MR) is 76.0 cm³/mol. The Hall–Kier alpha value is -1.26. The van der Waals surface area contributed by atoms with Crippen LogP contribution in [-0.2, 0) is 0 Å². The minimum absolute atomic E-state index is 0.212. The highest BCUT2D eigenvalue weighted by molar-refractivity contribution is 7.99. The van der Waals surface area contributed by atoms with Gasteiger partial charge in [-0.15, -0.1) is 11.8 Å². The molecule has 0 saturated carbocycles. The smallest absolute Gasteiger partial charge is 0.0825 e. The minimum Gasteiger partial charge on any atom is -0.296 e. The molecule has 0 amide bonds. The summed E-state index contributed by atoms with van der Waals surface area (Å²) in [6, 6.07) is 10.2. The van der Waals surface area contributed by atoms with Crippen LogP contribution in [0.5, 0.6) is 0 Å². The molecule has 0 aliphatic carbocycles. The second kappa shape index (κ2) is 4.44. The second-order valence-corrected chi connectivity index (χ2v) is 6.37. The predicted octanol–water partition coefficient (Wildman–Crippen LogP) is 2.99. The van der Waals surface area contributed by atoms with Gasteiger partial charge in [-0.3, -0.25) is 5.32 Å². The first-order chi connectivity index (χ1) is 8.64. The molecule has 1 aliphatic heterocycles. The summed E-state index contributed by atoms with van der Waals surface area (Å²) in [4.78, 5) is 0. The van der Waals surface area contributed by atoms with Crippen LogP contribution in [0.2, 0.25) is 0 Å². The molecule has 1 unspecified atom stereocenters. The summed E-state index contributed by atoms with van der Waals surface area (Å²) in [5, 5.41) is 8.42. The molecule has 1 aliphatic rings. The second-order valence-electron chi connectivity index (χ2n) is 5.27. The van der Waals surface area contributed by atoms with E-state index in [9.17, 15) is 0 Å². The van der Waals surface area contributed by atoms with Crippen LogP contribution in [0.25, 0.3) is 5.69 Å². The number of nitrogens with one attached hydrogen (secondary N) is 1. The topological polar surface area (TPSA) is 29.9 Å². The Labute approximate surface area is 112 Å². The fourth-order valence-corrected chi connectivity index (χ4v) is 3.49. The van der Waals surface area contributed by atoms with Crippen molar-refractivity contribution >= 4 is 11.8 Å². The number of hydrogen-bond acceptors (Lipinski definition) is 3. The highest BCUT2D eigenvalue weighted by Gasteiger charge is 2.32. The lowest BCUT2D eigenvalue weighted by molar-refractivity contribution is 0.452. The Morgan fingerprint density at radius 1 is 1.33 bits per heavy atom. The number of thioether (sulfide) groups is 1. The van der Waals surface area contributed by atoms with Crippen molar-refractivity contribution in [1.82, 2.24) is 15.1 Å². The standard InChI is InChI=1S/C14H17N3S/c1-14(2)10-18-13(16-14)11-8-15-17(9-11)12-6-4-3-5-7-12/h3-9,13,16H,10H2,1-2H3. The number of nitrogens with zero attached hydrogens (tertiary/aromatic N) is 2. The minimum atomic E-state index is 0.212. The molecule has 3 nitrogen and oxygen atoms in total. The van der Waals surface area contributed by atoms with Crippen molar-refractivity contribution in [3.8, 4) is 5.69 Å². The lowest BCUT2D eigenvalue weighted by atomic mass is 10.1. The fraction of sp³-hybridized carbons (Fsp3) is 0.357. The molecule has 0 bridgehead atoms. The van der Waals surface area contributed by atoms with Gasteiger partial charge in [-0.1, -0.05) is 18.2 Å². The normalized spacial score (nSPS) is 22.2. The van der Waals surface area contributed by atoms with Gasteiger partial charge in [-0.05, 0) is 26.0 Å². The number of para-hydroxylation sites is 1. The third-order valence-corrected chi connectivity index (χ3v) is 4.67. The van der Waals surface area contributed by atoms with Gasteiger partial charge in [0.1, 0.15) is 0 Å². The summed E-state index contributed by atoms with van der Waals surface area (Å²) in [6.07, 6.45) is 4.07. The quantitative estimate of drug-likeness (QED) is 0.899. The first-order valence-electron chi connectivity index (χ1n) is 6.13. The van der Waals surface area contributed by atoms with E-state index in [-0.39, 0.29) is 5.54 Å². The SMILES string of the molecule is CC1(C)CSC(c2cnn(-c3ccccc3)c2)N1. The molecule has 94 valence electrons. The largest absolute Gasteiger partial charge is 0.296 e. The Morgan fingerprint density at radius 2 is 2.11 bits per heavy atom. The third kappa shape index (κ3) is 2.31. The van der Waals surface area contributed by atoms with E-state index in [1.165, 1.54) is 5.56 Å². The number of benzene rings is 1. The van der Waals surface area contributed by atoms with E-state index in [0.717, 1.165) is 11.4 Å². The van der Waals surface area contributed by atoms with Gasteiger partial charge in [-0.25, -0.2) is 4.68 Å². The highest BCUT2D eigenvalue weighted by Crippen LogP contribution is 2.37. The lowest BCUT2D eigenvalue weighted by Gasteiger charge is -2.17. The molecule has 2 heterocycles. The summed E-state index contributed by atoms with van der Waals surface area (Å²) in [6.45, 7) is 4.48. The monoisotopic (exact) mass is 259 g/mol. The Morgan fingerprint density at radius 3 is 2.78 bits per heavy atom. The van der Waals surface area contributed by atoms with E-state index in [1.807, 2.05) is 40.8 Å². The summed E-state index contributed by atoms with van der Waals surface area (Å²) < 4.78 is 1.93. The maximum absolute atomic E-state index is 4.44. The van der Waals surface area contributed by atoms with Crippen molar-refractivity contribution in [3.63, 3.8) is 0 Å². The maximum Gasteiger partial charge on any atom is 0.0825 e. The molecule has 1 fully saturated rings. The van der Waals surface area contributed by atoms with E-state index >= 15 is 0 Å². The van der Waals surface area contributed by atoms with Crippen molar-refractivity contribution in [2.75, 3.05) is 5.75 Å². The van der Waals surface area contributed by atoms with Crippen LogP contribution in [0.3, 0.4) is 0 Å². The van der Waals surface area contributed by atoms with Gasteiger partial charge in [0.05, 0.1) is 17.3 Å². The third-order valence-electron chi connectivity index (χ3n) is 3.06. The zero-order valence-electron chi connectivity index (χ0n) is 10.6. The average molecular weight is 259 g/mol. The van der Waals surface area contributed by atoms with Crippen molar-refractivity contribution in [2.45, 2.75) is 24.8 Å².